The first-order chi connectivity index (χ1) is 8.24. The van der Waals surface area contributed by atoms with E-state index in [2.05, 4.69) is 4.98 Å². The molecular formula is C12H8N2O2S. The number of carboxylic acid groups (broad SMARTS) is 1. The van der Waals surface area contributed by atoms with Gasteiger partial charge in [-0.15, -0.1) is 11.3 Å². The summed E-state index contributed by atoms with van der Waals surface area (Å²) >= 11 is 1.61. The first-order valence-corrected chi connectivity index (χ1v) is 5.88. The van der Waals surface area contributed by atoms with Crippen LogP contribution in [0.3, 0.4) is 0 Å². The van der Waals surface area contributed by atoms with Gasteiger partial charge in [0.05, 0.1) is 16.1 Å². The number of pyridine rings is 1. The highest BCUT2D eigenvalue weighted by atomic mass is 32.1. The topological polar surface area (TPSA) is 54.6 Å². The highest BCUT2D eigenvalue weighted by Gasteiger charge is 2.08. The molecule has 0 aliphatic heterocycles. The number of aromatic nitrogens is 2. The van der Waals surface area contributed by atoms with Crippen molar-refractivity contribution in [3.05, 3.63) is 47.6 Å². The molecule has 0 saturated heterocycles. The van der Waals surface area contributed by atoms with Crippen molar-refractivity contribution in [3.63, 3.8) is 0 Å². The fourth-order valence-corrected chi connectivity index (χ4v) is 2.34. The van der Waals surface area contributed by atoms with Gasteiger partial charge in [0.2, 0.25) is 0 Å². The van der Waals surface area contributed by atoms with Crippen molar-refractivity contribution in [1.29, 1.82) is 0 Å². The van der Waals surface area contributed by atoms with Crippen LogP contribution in [-0.4, -0.2) is 20.5 Å². The van der Waals surface area contributed by atoms with Gasteiger partial charge in [-0.2, -0.15) is 0 Å². The third-order valence-electron chi connectivity index (χ3n) is 2.48. The molecule has 0 saturated carbocycles. The molecule has 84 valence electrons. The van der Waals surface area contributed by atoms with Crippen molar-refractivity contribution in [1.82, 2.24) is 9.38 Å². The molecule has 0 fully saturated rings. The predicted octanol–water partition coefficient (Wildman–Crippen LogP) is 2.76. The first-order valence-electron chi connectivity index (χ1n) is 5.00. The predicted molar refractivity (Wildman–Crippen MR) is 65.5 cm³/mol. The van der Waals surface area contributed by atoms with Crippen LogP contribution in [0.25, 0.3) is 16.2 Å². The van der Waals surface area contributed by atoms with E-state index in [1.165, 1.54) is 0 Å². The Bertz CT molecular complexity index is 686. The minimum Gasteiger partial charge on any atom is -0.478 e. The second kappa shape index (κ2) is 3.71. The Labute approximate surface area is 101 Å². The summed E-state index contributed by atoms with van der Waals surface area (Å²) in [5.74, 6) is -0.937. The van der Waals surface area contributed by atoms with Crippen molar-refractivity contribution in [3.8, 4) is 10.6 Å². The lowest BCUT2D eigenvalue weighted by molar-refractivity contribution is 0.0697. The molecule has 0 spiro atoms. The summed E-state index contributed by atoms with van der Waals surface area (Å²) < 4.78 is 1.82. The molecule has 0 atom stereocenters. The number of imidazole rings is 1. The van der Waals surface area contributed by atoms with Gasteiger partial charge in [0.1, 0.15) is 5.65 Å². The molecule has 3 aromatic rings. The highest BCUT2D eigenvalue weighted by molar-refractivity contribution is 7.13. The number of rotatable bonds is 2. The van der Waals surface area contributed by atoms with Crippen LogP contribution >= 0.6 is 11.3 Å². The van der Waals surface area contributed by atoms with Crippen LogP contribution in [0.2, 0.25) is 0 Å². The number of carbonyl (C=O) groups is 1. The molecule has 4 nitrogen and oxygen atoms in total. The maximum atomic E-state index is 10.8. The van der Waals surface area contributed by atoms with Gasteiger partial charge in [-0.05, 0) is 23.6 Å². The zero-order valence-corrected chi connectivity index (χ0v) is 9.52. The van der Waals surface area contributed by atoms with Gasteiger partial charge in [-0.25, -0.2) is 9.78 Å². The van der Waals surface area contributed by atoms with Crippen molar-refractivity contribution < 1.29 is 9.90 Å². The van der Waals surface area contributed by atoms with Gasteiger partial charge in [0, 0.05) is 12.4 Å². The van der Waals surface area contributed by atoms with Crippen molar-refractivity contribution in [2.75, 3.05) is 0 Å². The van der Waals surface area contributed by atoms with Gasteiger partial charge < -0.3 is 9.51 Å². The Morgan fingerprint density at radius 2 is 2.29 bits per heavy atom. The number of hydrogen-bond donors (Lipinski definition) is 1. The number of thiophene rings is 1. The molecule has 0 amide bonds. The monoisotopic (exact) mass is 244 g/mol. The fourth-order valence-electron chi connectivity index (χ4n) is 1.66. The van der Waals surface area contributed by atoms with Crippen LogP contribution in [0.15, 0.2) is 42.0 Å². The van der Waals surface area contributed by atoms with E-state index in [0.29, 0.717) is 5.65 Å². The number of hydrogen-bond acceptors (Lipinski definition) is 3. The molecule has 0 bridgehead atoms. The molecule has 0 aliphatic rings. The van der Waals surface area contributed by atoms with Gasteiger partial charge in [-0.1, -0.05) is 6.07 Å². The molecule has 3 rings (SSSR count). The molecule has 0 unspecified atom stereocenters. The Kier molecular flexibility index (Phi) is 2.19. The standard InChI is InChI=1S/C12H8N2O2S/c15-12(16)8-3-4-14-7-9(13-11(14)6-8)10-2-1-5-17-10/h1-7H,(H,15,16). The summed E-state index contributed by atoms with van der Waals surface area (Å²) in [5.41, 5.74) is 1.76. The van der Waals surface area contributed by atoms with Crippen molar-refractivity contribution in [2.45, 2.75) is 0 Å². The lowest BCUT2D eigenvalue weighted by atomic mass is 10.3. The minimum absolute atomic E-state index is 0.251. The van der Waals surface area contributed by atoms with Gasteiger partial charge >= 0.3 is 5.97 Å². The Hall–Kier alpha value is -2.14. The molecule has 3 heterocycles. The normalized spacial score (nSPS) is 10.8. The van der Waals surface area contributed by atoms with Crippen LogP contribution in [0.4, 0.5) is 0 Å². The van der Waals surface area contributed by atoms with E-state index >= 15 is 0 Å². The van der Waals surface area contributed by atoms with Crippen LogP contribution in [0, 0.1) is 0 Å². The van der Waals surface area contributed by atoms with Crippen molar-refractivity contribution >= 4 is 23.0 Å². The number of nitrogens with zero attached hydrogens (tertiary/aromatic N) is 2. The maximum Gasteiger partial charge on any atom is 0.335 e. The van der Waals surface area contributed by atoms with E-state index in [-0.39, 0.29) is 5.56 Å². The smallest absolute Gasteiger partial charge is 0.335 e. The largest absolute Gasteiger partial charge is 0.478 e. The fraction of sp³-hybridized carbons (Fsp3) is 0. The second-order valence-corrected chi connectivity index (χ2v) is 4.54. The molecular weight excluding hydrogens is 236 g/mol. The third-order valence-corrected chi connectivity index (χ3v) is 3.37. The van der Waals surface area contributed by atoms with E-state index in [0.717, 1.165) is 10.6 Å². The number of carboxylic acids is 1. The summed E-state index contributed by atoms with van der Waals surface area (Å²) in [6.45, 7) is 0. The molecule has 3 aromatic heterocycles. The SMILES string of the molecule is O=C(O)c1ccn2cc(-c3cccs3)nc2c1. The Balaban J connectivity index is 2.16. The molecule has 0 aliphatic carbocycles. The molecule has 0 aromatic carbocycles. The van der Waals surface area contributed by atoms with Crippen LogP contribution in [0.5, 0.6) is 0 Å². The second-order valence-electron chi connectivity index (χ2n) is 3.59. The number of fused-ring (bicyclic) bond motifs is 1. The summed E-state index contributed by atoms with van der Waals surface area (Å²) in [7, 11) is 0. The lowest BCUT2D eigenvalue weighted by Gasteiger charge is -1.94. The zero-order chi connectivity index (χ0) is 11.8. The molecule has 0 radical (unpaired) electrons. The van der Waals surface area contributed by atoms with Crippen LogP contribution in [-0.2, 0) is 0 Å². The Morgan fingerprint density at radius 3 is 3.00 bits per heavy atom. The van der Waals surface area contributed by atoms with Gasteiger partial charge in [-0.3, -0.25) is 0 Å². The first kappa shape index (κ1) is 10.0. The third kappa shape index (κ3) is 1.70. The summed E-state index contributed by atoms with van der Waals surface area (Å²) in [6, 6.07) is 7.09. The average molecular weight is 244 g/mol. The quantitative estimate of drug-likeness (QED) is 0.754. The van der Waals surface area contributed by atoms with E-state index < -0.39 is 5.97 Å². The molecule has 5 heteroatoms. The summed E-state index contributed by atoms with van der Waals surface area (Å²) in [6.07, 6.45) is 3.61. The van der Waals surface area contributed by atoms with Gasteiger partial charge in [0.25, 0.3) is 0 Å². The van der Waals surface area contributed by atoms with E-state index in [9.17, 15) is 4.79 Å². The number of aromatic carboxylic acids is 1. The van der Waals surface area contributed by atoms with Gasteiger partial charge in [0.15, 0.2) is 0 Å². The van der Waals surface area contributed by atoms with Crippen molar-refractivity contribution in [2.24, 2.45) is 0 Å². The molecule has 17 heavy (non-hydrogen) atoms. The minimum atomic E-state index is -0.937. The van der Waals surface area contributed by atoms with E-state index in [4.69, 9.17) is 5.11 Å². The summed E-state index contributed by atoms with van der Waals surface area (Å²) in [4.78, 5) is 16.3. The lowest BCUT2D eigenvalue weighted by Crippen LogP contribution is -1.96. The molecule has 1 N–H and O–H groups in total. The van der Waals surface area contributed by atoms with Crippen LogP contribution < -0.4 is 0 Å². The Morgan fingerprint density at radius 1 is 1.41 bits per heavy atom. The highest BCUT2D eigenvalue weighted by Crippen LogP contribution is 2.24. The average Bonchev–Trinajstić information content (AvgIpc) is 2.96. The van der Waals surface area contributed by atoms with E-state index in [1.807, 2.05) is 28.1 Å². The maximum absolute atomic E-state index is 10.8. The zero-order valence-electron chi connectivity index (χ0n) is 8.70. The van der Waals surface area contributed by atoms with E-state index in [1.54, 1.807) is 29.7 Å². The van der Waals surface area contributed by atoms with Crippen LogP contribution in [0.1, 0.15) is 10.4 Å². The summed E-state index contributed by atoms with van der Waals surface area (Å²) in [5, 5.41) is 10.9.